The Balaban J connectivity index is 2.01. The first kappa shape index (κ1) is 15.9. The number of nitrogens with zero attached hydrogens (tertiary/aromatic N) is 1. The molecule has 1 atom stereocenters. The predicted octanol–water partition coefficient (Wildman–Crippen LogP) is 2.66. The van der Waals surface area contributed by atoms with Gasteiger partial charge in [0.05, 0.1) is 6.61 Å². The number of rotatable bonds is 9. The van der Waals surface area contributed by atoms with Gasteiger partial charge in [-0.25, -0.2) is 0 Å². The minimum absolute atomic E-state index is 0.710. The molecule has 1 fully saturated rings. The molecule has 108 valence electrons. The molecule has 1 aliphatic rings. The largest absolute Gasteiger partial charge is 0.380 e. The molecule has 0 saturated carbocycles. The highest BCUT2D eigenvalue weighted by Gasteiger charge is 2.15. The summed E-state index contributed by atoms with van der Waals surface area (Å²) in [6, 6.07) is 0.710. The summed E-state index contributed by atoms with van der Waals surface area (Å²) in [6.07, 6.45) is 7.67. The molecule has 1 heterocycles. The van der Waals surface area contributed by atoms with Gasteiger partial charge in [0.1, 0.15) is 0 Å². The molecule has 0 aliphatic carbocycles. The van der Waals surface area contributed by atoms with Crippen molar-refractivity contribution in [2.24, 2.45) is 0 Å². The molecular weight excluding hydrogens is 224 g/mol. The lowest BCUT2D eigenvalue weighted by atomic mass is 10.1. The Hall–Kier alpha value is -0.120. The van der Waals surface area contributed by atoms with Crippen LogP contribution in [0.2, 0.25) is 0 Å². The van der Waals surface area contributed by atoms with Crippen molar-refractivity contribution >= 4 is 0 Å². The molecule has 0 radical (unpaired) electrons. The molecule has 0 aromatic carbocycles. The van der Waals surface area contributed by atoms with E-state index in [2.05, 4.69) is 24.1 Å². The van der Waals surface area contributed by atoms with Gasteiger partial charge in [-0.3, -0.25) is 0 Å². The molecule has 0 bridgehead atoms. The van der Waals surface area contributed by atoms with E-state index in [0.717, 1.165) is 19.8 Å². The average Bonchev–Trinajstić information content (AvgIpc) is 2.60. The molecule has 3 nitrogen and oxygen atoms in total. The van der Waals surface area contributed by atoms with Crippen molar-refractivity contribution in [3.05, 3.63) is 0 Å². The van der Waals surface area contributed by atoms with Gasteiger partial charge >= 0.3 is 0 Å². The number of hydrogen-bond donors (Lipinski definition) is 1. The van der Waals surface area contributed by atoms with E-state index in [4.69, 9.17) is 4.74 Å². The summed E-state index contributed by atoms with van der Waals surface area (Å²) in [6.45, 7) is 11.1. The van der Waals surface area contributed by atoms with E-state index in [0.29, 0.717) is 6.04 Å². The quantitative estimate of drug-likeness (QED) is 0.642. The first-order valence-electron chi connectivity index (χ1n) is 7.90. The van der Waals surface area contributed by atoms with Crippen molar-refractivity contribution in [3.63, 3.8) is 0 Å². The lowest BCUT2D eigenvalue weighted by molar-refractivity contribution is 0.130. The molecular formula is C15H32N2O. The van der Waals surface area contributed by atoms with Gasteiger partial charge in [-0.1, -0.05) is 20.3 Å². The summed E-state index contributed by atoms with van der Waals surface area (Å²) in [7, 11) is 0. The fourth-order valence-corrected chi connectivity index (χ4v) is 2.58. The van der Waals surface area contributed by atoms with Gasteiger partial charge in [-0.15, -0.1) is 0 Å². The molecule has 3 heteroatoms. The smallest absolute Gasteiger partial charge is 0.0591 e. The highest BCUT2D eigenvalue weighted by atomic mass is 16.5. The van der Waals surface area contributed by atoms with E-state index in [-0.39, 0.29) is 0 Å². The fraction of sp³-hybridized carbons (Fsp3) is 1.00. The molecule has 0 amide bonds. The lowest BCUT2D eigenvalue weighted by Gasteiger charge is -2.19. The second-order valence-corrected chi connectivity index (χ2v) is 5.39. The SMILES string of the molecule is CCCCOCCNC1CCCN(CCC)CC1. The third-order valence-corrected chi connectivity index (χ3v) is 3.68. The van der Waals surface area contributed by atoms with Crippen molar-refractivity contribution in [2.45, 2.75) is 58.4 Å². The van der Waals surface area contributed by atoms with Crippen LogP contribution >= 0.6 is 0 Å². The summed E-state index contributed by atoms with van der Waals surface area (Å²) < 4.78 is 5.58. The Bertz CT molecular complexity index is 187. The zero-order valence-corrected chi connectivity index (χ0v) is 12.4. The van der Waals surface area contributed by atoms with Crippen molar-refractivity contribution < 1.29 is 4.74 Å². The van der Waals surface area contributed by atoms with Crippen LogP contribution in [0.3, 0.4) is 0 Å². The van der Waals surface area contributed by atoms with Gasteiger partial charge in [0.2, 0.25) is 0 Å². The van der Waals surface area contributed by atoms with E-state index in [9.17, 15) is 0 Å². The van der Waals surface area contributed by atoms with E-state index in [1.54, 1.807) is 0 Å². The molecule has 1 unspecified atom stereocenters. The average molecular weight is 256 g/mol. The number of likely N-dealkylation sites (tertiary alicyclic amines) is 1. The summed E-state index contributed by atoms with van der Waals surface area (Å²) >= 11 is 0. The van der Waals surface area contributed by atoms with Crippen LogP contribution in [0.25, 0.3) is 0 Å². The van der Waals surface area contributed by atoms with E-state index in [1.807, 2.05) is 0 Å². The van der Waals surface area contributed by atoms with Gasteiger partial charge in [0.15, 0.2) is 0 Å². The molecule has 1 saturated heterocycles. The normalized spacial score (nSPS) is 22.0. The first-order valence-corrected chi connectivity index (χ1v) is 7.90. The number of ether oxygens (including phenoxy) is 1. The highest BCUT2D eigenvalue weighted by molar-refractivity contribution is 4.74. The highest BCUT2D eigenvalue weighted by Crippen LogP contribution is 2.11. The van der Waals surface area contributed by atoms with Gasteiger partial charge in [-0.2, -0.15) is 0 Å². The molecule has 0 aromatic heterocycles. The zero-order valence-electron chi connectivity index (χ0n) is 12.4. The third kappa shape index (κ3) is 7.34. The standard InChI is InChI=1S/C15H32N2O/c1-3-5-13-18-14-9-16-15-7-6-11-17(10-4-2)12-8-15/h15-16H,3-14H2,1-2H3. The maximum Gasteiger partial charge on any atom is 0.0591 e. The van der Waals surface area contributed by atoms with Crippen LogP contribution in [0.15, 0.2) is 0 Å². The molecule has 1 N–H and O–H groups in total. The Morgan fingerprint density at radius 2 is 2.00 bits per heavy atom. The number of hydrogen-bond acceptors (Lipinski definition) is 3. The Kier molecular flexibility index (Phi) is 9.54. The molecule has 1 rings (SSSR count). The van der Waals surface area contributed by atoms with Crippen LogP contribution < -0.4 is 5.32 Å². The maximum absolute atomic E-state index is 5.58. The first-order chi connectivity index (χ1) is 8.86. The van der Waals surface area contributed by atoms with Crippen molar-refractivity contribution in [2.75, 3.05) is 39.4 Å². The van der Waals surface area contributed by atoms with Crippen LogP contribution in [0.4, 0.5) is 0 Å². The second kappa shape index (κ2) is 10.8. The van der Waals surface area contributed by atoms with Crippen LogP contribution in [-0.2, 0) is 4.74 Å². The zero-order chi connectivity index (χ0) is 13.1. The Labute approximate surface area is 113 Å². The van der Waals surface area contributed by atoms with Crippen LogP contribution in [0, 0.1) is 0 Å². The van der Waals surface area contributed by atoms with Gasteiger partial charge in [0.25, 0.3) is 0 Å². The van der Waals surface area contributed by atoms with Crippen molar-refractivity contribution in [3.8, 4) is 0 Å². The molecule has 0 aromatic rings. The Morgan fingerprint density at radius 3 is 2.78 bits per heavy atom. The van der Waals surface area contributed by atoms with Crippen LogP contribution in [-0.4, -0.2) is 50.3 Å². The van der Waals surface area contributed by atoms with Crippen LogP contribution in [0.5, 0.6) is 0 Å². The van der Waals surface area contributed by atoms with Gasteiger partial charge in [0, 0.05) is 19.2 Å². The molecule has 0 spiro atoms. The van der Waals surface area contributed by atoms with Crippen molar-refractivity contribution in [1.82, 2.24) is 10.2 Å². The van der Waals surface area contributed by atoms with Crippen LogP contribution in [0.1, 0.15) is 52.4 Å². The maximum atomic E-state index is 5.58. The lowest BCUT2D eigenvalue weighted by Crippen LogP contribution is -2.33. The summed E-state index contributed by atoms with van der Waals surface area (Å²) in [4.78, 5) is 2.61. The third-order valence-electron chi connectivity index (χ3n) is 3.68. The molecule has 18 heavy (non-hydrogen) atoms. The van der Waals surface area contributed by atoms with Gasteiger partial charge in [-0.05, 0) is 51.7 Å². The fourth-order valence-electron chi connectivity index (χ4n) is 2.58. The van der Waals surface area contributed by atoms with E-state index < -0.39 is 0 Å². The minimum atomic E-state index is 0.710. The Morgan fingerprint density at radius 1 is 1.11 bits per heavy atom. The van der Waals surface area contributed by atoms with E-state index >= 15 is 0 Å². The number of unbranched alkanes of at least 4 members (excludes halogenated alkanes) is 1. The second-order valence-electron chi connectivity index (χ2n) is 5.39. The molecule has 1 aliphatic heterocycles. The minimum Gasteiger partial charge on any atom is -0.380 e. The van der Waals surface area contributed by atoms with Crippen molar-refractivity contribution in [1.29, 1.82) is 0 Å². The predicted molar refractivity (Wildman–Crippen MR) is 78.1 cm³/mol. The van der Waals surface area contributed by atoms with E-state index in [1.165, 1.54) is 58.2 Å². The summed E-state index contributed by atoms with van der Waals surface area (Å²) in [5.41, 5.74) is 0. The topological polar surface area (TPSA) is 24.5 Å². The summed E-state index contributed by atoms with van der Waals surface area (Å²) in [5, 5.41) is 3.65. The van der Waals surface area contributed by atoms with Gasteiger partial charge < -0.3 is 15.0 Å². The number of nitrogens with one attached hydrogen (secondary N) is 1. The summed E-state index contributed by atoms with van der Waals surface area (Å²) in [5.74, 6) is 0. The monoisotopic (exact) mass is 256 g/mol.